The van der Waals surface area contributed by atoms with Gasteiger partial charge in [-0.05, 0) is 81.1 Å². The molecule has 3 aromatic rings. The number of sulfone groups is 1. The summed E-state index contributed by atoms with van der Waals surface area (Å²) in [6, 6.07) is 9.72. The molecule has 2 saturated heterocycles. The van der Waals surface area contributed by atoms with Crippen LogP contribution in [-0.2, 0) is 19.4 Å². The lowest BCUT2D eigenvalue weighted by atomic mass is 9.95. The van der Waals surface area contributed by atoms with Gasteiger partial charge in [-0.25, -0.2) is 18.4 Å². The number of alkyl halides is 3. The molecule has 18 heteroatoms. The molecule has 5 rings (SSSR count). The molecule has 4 N–H and O–H groups in total. The minimum Gasteiger partial charge on any atom is -0.465 e. The Hall–Kier alpha value is -5.13. The monoisotopic (exact) mass is 706 g/mol. The second kappa shape index (κ2) is 13.8. The zero-order valence-corrected chi connectivity index (χ0v) is 27.1. The van der Waals surface area contributed by atoms with Crippen molar-refractivity contribution in [3.05, 3.63) is 59.9 Å². The van der Waals surface area contributed by atoms with Gasteiger partial charge in [0, 0.05) is 26.2 Å². The van der Waals surface area contributed by atoms with Gasteiger partial charge in [-0.2, -0.15) is 0 Å². The summed E-state index contributed by atoms with van der Waals surface area (Å²) in [6.45, 7) is 2.14. The molecule has 1 aromatic heterocycles. The van der Waals surface area contributed by atoms with Crippen molar-refractivity contribution in [2.45, 2.75) is 48.6 Å². The quantitative estimate of drug-likeness (QED) is 0.307. The third kappa shape index (κ3) is 7.33. The first-order valence-corrected chi connectivity index (χ1v) is 16.7. The molecule has 3 heterocycles. The highest BCUT2D eigenvalue weighted by Crippen LogP contribution is 2.38. The van der Waals surface area contributed by atoms with Gasteiger partial charge in [0.2, 0.25) is 0 Å². The second-order valence-electron chi connectivity index (χ2n) is 11.3. The fourth-order valence-corrected chi connectivity index (χ4v) is 7.61. The van der Waals surface area contributed by atoms with Crippen molar-refractivity contribution < 1.29 is 50.2 Å². The number of amides is 2. The molecular formula is C31H33F3N6O8S. The van der Waals surface area contributed by atoms with Gasteiger partial charge >= 0.3 is 12.3 Å². The van der Waals surface area contributed by atoms with E-state index in [9.17, 15) is 36.0 Å². The third-order valence-electron chi connectivity index (χ3n) is 8.20. The molecule has 0 atom stereocenters. The molecule has 14 nitrogen and oxygen atoms in total. The molecule has 0 spiro atoms. The van der Waals surface area contributed by atoms with Gasteiger partial charge in [-0.3, -0.25) is 14.4 Å². The van der Waals surface area contributed by atoms with Crippen LogP contribution in [0.3, 0.4) is 0 Å². The van der Waals surface area contributed by atoms with Crippen LogP contribution in [0.1, 0.15) is 53.6 Å². The van der Waals surface area contributed by atoms with E-state index < -0.39 is 44.5 Å². The molecule has 2 aromatic carbocycles. The van der Waals surface area contributed by atoms with Crippen LogP contribution in [0, 0.1) is 0 Å². The van der Waals surface area contributed by atoms with Crippen molar-refractivity contribution in [2.75, 3.05) is 44.3 Å². The fraction of sp³-hybridized carbons (Fsp3) is 0.387. The first-order chi connectivity index (χ1) is 23.1. The first kappa shape index (κ1) is 35.2. The summed E-state index contributed by atoms with van der Waals surface area (Å²) in [5.41, 5.74) is 11.6. The number of anilines is 2. The molecule has 0 saturated carbocycles. The minimum absolute atomic E-state index is 0.0910. The number of nitrogen functional groups attached to an aromatic ring is 2. The van der Waals surface area contributed by atoms with Crippen molar-refractivity contribution >= 4 is 39.3 Å². The number of piperidine rings is 1. The number of hydrogen-bond donors (Lipinski definition) is 2. The predicted molar refractivity (Wildman–Crippen MR) is 167 cm³/mol. The number of rotatable bonds is 9. The number of carbonyl (C=O) groups is 3. The number of ether oxygens (including phenoxy) is 3. The SMILES string of the molecule is CCOC(=O)C1(S(=O)(=O)c2ccc(Oc3ccc(OC(F)(F)F)cc3)cc2)CCN(C(=O)c2nc(N)c(C(=O)N3CCCC3)nc2N)CC1. The molecule has 0 radical (unpaired) electrons. The molecule has 2 aliphatic rings. The highest BCUT2D eigenvalue weighted by atomic mass is 32.2. The topological polar surface area (TPSA) is 197 Å². The van der Waals surface area contributed by atoms with E-state index in [2.05, 4.69) is 14.7 Å². The Labute approximate surface area is 279 Å². The van der Waals surface area contributed by atoms with E-state index in [1.807, 2.05) is 0 Å². The van der Waals surface area contributed by atoms with Crippen molar-refractivity contribution in [1.29, 1.82) is 0 Å². The first-order valence-electron chi connectivity index (χ1n) is 15.2. The molecule has 2 aliphatic heterocycles. The number of likely N-dealkylation sites (tertiary alicyclic amines) is 2. The van der Waals surface area contributed by atoms with Crippen LogP contribution in [0.25, 0.3) is 0 Å². The highest BCUT2D eigenvalue weighted by Gasteiger charge is 2.55. The summed E-state index contributed by atoms with van der Waals surface area (Å²) in [5, 5.41) is 0. The third-order valence-corrected chi connectivity index (χ3v) is 10.7. The number of benzene rings is 2. The molecule has 0 unspecified atom stereocenters. The van der Waals surface area contributed by atoms with Crippen LogP contribution in [0.15, 0.2) is 53.4 Å². The summed E-state index contributed by atoms with van der Waals surface area (Å²) in [6.07, 6.45) is -3.81. The Bertz CT molecular complexity index is 1830. The Morgan fingerprint density at radius 2 is 1.24 bits per heavy atom. The van der Waals surface area contributed by atoms with Gasteiger partial charge in [0.1, 0.15) is 17.2 Å². The molecule has 2 amide bonds. The Balaban J connectivity index is 1.31. The molecule has 2 fully saturated rings. The lowest BCUT2D eigenvalue weighted by Gasteiger charge is -2.39. The number of halogens is 3. The summed E-state index contributed by atoms with van der Waals surface area (Å²) in [5.74, 6) is -2.82. The van der Waals surface area contributed by atoms with Crippen LogP contribution in [0.5, 0.6) is 17.2 Å². The molecule has 49 heavy (non-hydrogen) atoms. The maximum Gasteiger partial charge on any atom is 0.573 e. The largest absolute Gasteiger partial charge is 0.573 e. The number of nitrogens with two attached hydrogens (primary N) is 2. The van der Waals surface area contributed by atoms with Crippen molar-refractivity contribution in [3.63, 3.8) is 0 Å². The molecule has 0 bridgehead atoms. The number of esters is 1. The van der Waals surface area contributed by atoms with Gasteiger partial charge < -0.3 is 35.5 Å². The number of hydrogen-bond acceptors (Lipinski definition) is 12. The lowest BCUT2D eigenvalue weighted by molar-refractivity contribution is -0.274. The van der Waals surface area contributed by atoms with Crippen LogP contribution in [-0.4, -0.2) is 89.9 Å². The van der Waals surface area contributed by atoms with E-state index in [0.29, 0.717) is 13.1 Å². The van der Waals surface area contributed by atoms with Crippen LogP contribution in [0.4, 0.5) is 24.8 Å². The Kier molecular flexibility index (Phi) is 9.89. The molecule has 262 valence electrons. The number of carbonyl (C=O) groups excluding carboxylic acids is 3. The number of nitrogens with zero attached hydrogens (tertiary/aromatic N) is 4. The average molecular weight is 707 g/mol. The van der Waals surface area contributed by atoms with Gasteiger partial charge in [0.25, 0.3) is 11.8 Å². The van der Waals surface area contributed by atoms with Gasteiger partial charge in [0.05, 0.1) is 11.5 Å². The van der Waals surface area contributed by atoms with Crippen LogP contribution in [0.2, 0.25) is 0 Å². The van der Waals surface area contributed by atoms with Gasteiger partial charge in [-0.15, -0.1) is 13.2 Å². The summed E-state index contributed by atoms with van der Waals surface area (Å²) in [4.78, 5) is 50.3. The van der Waals surface area contributed by atoms with E-state index in [0.717, 1.165) is 25.0 Å². The zero-order chi connectivity index (χ0) is 35.6. The average Bonchev–Trinajstić information content (AvgIpc) is 3.61. The van der Waals surface area contributed by atoms with E-state index in [1.54, 1.807) is 4.90 Å². The van der Waals surface area contributed by atoms with E-state index in [-0.39, 0.29) is 72.0 Å². The van der Waals surface area contributed by atoms with Crippen molar-refractivity contribution in [1.82, 2.24) is 19.8 Å². The smallest absolute Gasteiger partial charge is 0.465 e. The van der Waals surface area contributed by atoms with E-state index >= 15 is 0 Å². The van der Waals surface area contributed by atoms with E-state index in [4.69, 9.17) is 20.9 Å². The highest BCUT2D eigenvalue weighted by molar-refractivity contribution is 7.93. The summed E-state index contributed by atoms with van der Waals surface area (Å²) < 4.78 is 78.0. The van der Waals surface area contributed by atoms with Crippen LogP contribution < -0.4 is 20.9 Å². The van der Waals surface area contributed by atoms with Crippen LogP contribution >= 0.6 is 0 Å². The molecule has 0 aliphatic carbocycles. The maximum absolute atomic E-state index is 14.1. The predicted octanol–water partition coefficient (Wildman–Crippen LogP) is 3.58. The van der Waals surface area contributed by atoms with Crippen molar-refractivity contribution in [3.8, 4) is 17.2 Å². The lowest BCUT2D eigenvalue weighted by Crippen LogP contribution is -2.56. The summed E-state index contributed by atoms with van der Waals surface area (Å²) >= 11 is 0. The van der Waals surface area contributed by atoms with E-state index in [1.165, 1.54) is 48.2 Å². The molecular weight excluding hydrogens is 673 g/mol. The minimum atomic E-state index is -4.85. The van der Waals surface area contributed by atoms with Gasteiger partial charge in [-0.1, -0.05) is 0 Å². The second-order valence-corrected chi connectivity index (χ2v) is 13.6. The maximum atomic E-state index is 14.1. The summed E-state index contributed by atoms with van der Waals surface area (Å²) in [7, 11) is -4.42. The standard InChI is InChI=1S/C31H33F3N6O8S/c1-2-46-29(43)30(49(44,45)22-11-9-20(10-12-22)47-19-5-7-21(8-6-19)48-31(32,33)34)13-17-40(18-14-30)28(42)24-26(36)37-23(25(35)38-24)27(41)39-15-3-4-16-39/h5-12H,2-4,13-18H2,1H3,(H2,35,38)(H2,36,37). The van der Waals surface area contributed by atoms with Gasteiger partial charge in [0.15, 0.2) is 37.6 Å². The fourth-order valence-electron chi connectivity index (χ4n) is 5.67. The zero-order valence-electron chi connectivity index (χ0n) is 26.2. The Morgan fingerprint density at radius 3 is 1.71 bits per heavy atom. The number of aromatic nitrogens is 2. The van der Waals surface area contributed by atoms with Crippen molar-refractivity contribution in [2.24, 2.45) is 0 Å². The normalized spacial score (nSPS) is 16.2. The Morgan fingerprint density at radius 1 is 0.796 bits per heavy atom.